The minimum atomic E-state index is 0.0381. The third kappa shape index (κ3) is 4.60. The van der Waals surface area contributed by atoms with Crippen LogP contribution < -0.4 is 10.2 Å². The lowest BCUT2D eigenvalue weighted by Gasteiger charge is -2.22. The monoisotopic (exact) mass is 360 g/mol. The zero-order chi connectivity index (χ0) is 15.9. The van der Waals surface area contributed by atoms with E-state index in [1.807, 2.05) is 43.3 Å². The van der Waals surface area contributed by atoms with Crippen molar-refractivity contribution in [2.75, 3.05) is 23.3 Å². The van der Waals surface area contributed by atoms with Crippen LogP contribution in [0.25, 0.3) is 0 Å². The zero-order valence-electron chi connectivity index (χ0n) is 13.0. The van der Waals surface area contributed by atoms with Gasteiger partial charge in [-0.1, -0.05) is 34.1 Å². The van der Waals surface area contributed by atoms with Crippen molar-refractivity contribution in [2.24, 2.45) is 0 Å². The van der Waals surface area contributed by atoms with Gasteiger partial charge >= 0.3 is 0 Å². The first-order chi connectivity index (χ1) is 10.6. The molecule has 0 aliphatic rings. The van der Waals surface area contributed by atoms with Gasteiger partial charge in [-0.2, -0.15) is 0 Å². The van der Waals surface area contributed by atoms with E-state index in [4.69, 9.17) is 0 Å². The second kappa shape index (κ2) is 7.99. The molecule has 0 bridgehead atoms. The van der Waals surface area contributed by atoms with E-state index in [-0.39, 0.29) is 5.91 Å². The van der Waals surface area contributed by atoms with E-state index in [1.165, 1.54) is 0 Å². The molecule has 4 heteroatoms. The molecule has 0 saturated heterocycles. The van der Waals surface area contributed by atoms with Gasteiger partial charge < -0.3 is 10.2 Å². The third-order valence-electron chi connectivity index (χ3n) is 3.55. The van der Waals surface area contributed by atoms with Crippen LogP contribution in [-0.2, 0) is 4.79 Å². The predicted octanol–water partition coefficient (Wildman–Crippen LogP) is 4.61. The second-order valence-corrected chi connectivity index (χ2v) is 6.03. The van der Waals surface area contributed by atoms with Gasteiger partial charge in [0, 0.05) is 35.4 Å². The van der Waals surface area contributed by atoms with Crippen LogP contribution in [0.5, 0.6) is 0 Å². The molecule has 2 rings (SSSR count). The number of rotatable bonds is 6. The van der Waals surface area contributed by atoms with Crippen molar-refractivity contribution < 1.29 is 4.79 Å². The number of aryl methyl sites for hydroxylation is 1. The van der Waals surface area contributed by atoms with Gasteiger partial charge in [0.05, 0.1) is 0 Å². The summed E-state index contributed by atoms with van der Waals surface area (Å²) in [7, 11) is 0. The zero-order valence-corrected chi connectivity index (χ0v) is 14.6. The highest BCUT2D eigenvalue weighted by Gasteiger charge is 2.08. The molecule has 2 aromatic carbocycles. The maximum Gasteiger partial charge on any atom is 0.226 e. The fraction of sp³-hybridized carbons (Fsp3) is 0.278. The summed E-state index contributed by atoms with van der Waals surface area (Å²) in [6.07, 6.45) is 0.470. The fourth-order valence-corrected chi connectivity index (χ4v) is 2.54. The Labute approximate surface area is 140 Å². The van der Waals surface area contributed by atoms with Crippen LogP contribution in [-0.4, -0.2) is 19.0 Å². The molecule has 0 heterocycles. The van der Waals surface area contributed by atoms with Crippen LogP contribution in [0.2, 0.25) is 0 Å². The Bertz CT molecular complexity index is 628. The molecule has 0 saturated carbocycles. The number of carbonyl (C=O) groups is 1. The van der Waals surface area contributed by atoms with Crippen molar-refractivity contribution in [2.45, 2.75) is 20.3 Å². The number of benzene rings is 2. The summed E-state index contributed by atoms with van der Waals surface area (Å²) in [6, 6.07) is 16.0. The highest BCUT2D eigenvalue weighted by molar-refractivity contribution is 9.10. The molecule has 0 aliphatic heterocycles. The van der Waals surface area contributed by atoms with Gasteiger partial charge in [-0.25, -0.2) is 0 Å². The van der Waals surface area contributed by atoms with Crippen molar-refractivity contribution in [3.8, 4) is 0 Å². The number of halogens is 1. The SMILES string of the molecule is CCN(CCC(=O)Nc1ccc(Br)c(C)c1)c1ccccc1. The van der Waals surface area contributed by atoms with Gasteiger partial charge in [0.2, 0.25) is 5.91 Å². The fourth-order valence-electron chi connectivity index (χ4n) is 2.29. The summed E-state index contributed by atoms with van der Waals surface area (Å²) in [5.74, 6) is 0.0381. The summed E-state index contributed by atoms with van der Waals surface area (Å²) in [6.45, 7) is 5.70. The molecule has 0 atom stereocenters. The van der Waals surface area contributed by atoms with E-state index in [1.54, 1.807) is 0 Å². The van der Waals surface area contributed by atoms with Crippen LogP contribution in [0.4, 0.5) is 11.4 Å². The third-order valence-corrected chi connectivity index (χ3v) is 4.44. The highest BCUT2D eigenvalue weighted by Crippen LogP contribution is 2.20. The summed E-state index contributed by atoms with van der Waals surface area (Å²) < 4.78 is 1.05. The molecular formula is C18H21BrN2O. The Balaban J connectivity index is 1.90. The molecule has 0 fully saturated rings. The Hall–Kier alpha value is -1.81. The lowest BCUT2D eigenvalue weighted by molar-refractivity contribution is -0.116. The molecule has 0 unspecified atom stereocenters. The molecule has 0 spiro atoms. The van der Waals surface area contributed by atoms with E-state index in [9.17, 15) is 4.79 Å². The number of hydrogen-bond donors (Lipinski definition) is 1. The van der Waals surface area contributed by atoms with E-state index < -0.39 is 0 Å². The van der Waals surface area contributed by atoms with E-state index in [2.05, 4.69) is 45.2 Å². The van der Waals surface area contributed by atoms with Crippen molar-refractivity contribution in [3.63, 3.8) is 0 Å². The average molecular weight is 361 g/mol. The summed E-state index contributed by atoms with van der Waals surface area (Å²) in [4.78, 5) is 14.3. The number of nitrogens with one attached hydrogen (secondary N) is 1. The number of carbonyl (C=O) groups excluding carboxylic acids is 1. The molecule has 1 N–H and O–H groups in total. The Morgan fingerprint density at radius 3 is 2.55 bits per heavy atom. The molecule has 22 heavy (non-hydrogen) atoms. The predicted molar refractivity (Wildman–Crippen MR) is 96.5 cm³/mol. The van der Waals surface area contributed by atoms with Gasteiger partial charge in [-0.3, -0.25) is 4.79 Å². The number of nitrogens with zero attached hydrogens (tertiary/aromatic N) is 1. The van der Waals surface area contributed by atoms with Crippen molar-refractivity contribution >= 4 is 33.2 Å². The lowest BCUT2D eigenvalue weighted by Crippen LogP contribution is -2.27. The van der Waals surface area contributed by atoms with Crippen LogP contribution >= 0.6 is 15.9 Å². The minimum absolute atomic E-state index is 0.0381. The van der Waals surface area contributed by atoms with Crippen LogP contribution in [0.3, 0.4) is 0 Å². The molecule has 0 aliphatic carbocycles. The van der Waals surface area contributed by atoms with Gasteiger partial charge in [0.1, 0.15) is 0 Å². The van der Waals surface area contributed by atoms with Gasteiger partial charge in [0.15, 0.2) is 0 Å². The molecule has 2 aromatic rings. The molecule has 3 nitrogen and oxygen atoms in total. The van der Waals surface area contributed by atoms with E-state index in [0.29, 0.717) is 13.0 Å². The average Bonchev–Trinajstić information content (AvgIpc) is 2.52. The maximum atomic E-state index is 12.1. The first-order valence-corrected chi connectivity index (χ1v) is 8.25. The van der Waals surface area contributed by atoms with Gasteiger partial charge in [-0.05, 0) is 49.7 Å². The summed E-state index contributed by atoms with van der Waals surface area (Å²) >= 11 is 3.46. The molecular weight excluding hydrogens is 340 g/mol. The van der Waals surface area contributed by atoms with E-state index in [0.717, 1.165) is 28.0 Å². The largest absolute Gasteiger partial charge is 0.371 e. The van der Waals surface area contributed by atoms with Gasteiger partial charge in [0.25, 0.3) is 0 Å². The number of anilines is 2. The Morgan fingerprint density at radius 1 is 1.18 bits per heavy atom. The van der Waals surface area contributed by atoms with Gasteiger partial charge in [-0.15, -0.1) is 0 Å². The standard InChI is InChI=1S/C18H21BrN2O/c1-3-21(16-7-5-4-6-8-16)12-11-18(22)20-15-9-10-17(19)14(2)13-15/h4-10,13H,3,11-12H2,1-2H3,(H,20,22). The first kappa shape index (κ1) is 16.6. The summed E-state index contributed by atoms with van der Waals surface area (Å²) in [5, 5.41) is 2.95. The molecule has 0 radical (unpaired) electrons. The normalized spacial score (nSPS) is 10.3. The van der Waals surface area contributed by atoms with Crippen molar-refractivity contribution in [3.05, 3.63) is 58.6 Å². The van der Waals surface area contributed by atoms with Crippen LogP contribution in [0.15, 0.2) is 53.0 Å². The van der Waals surface area contributed by atoms with E-state index >= 15 is 0 Å². The quantitative estimate of drug-likeness (QED) is 0.815. The number of hydrogen-bond acceptors (Lipinski definition) is 2. The topological polar surface area (TPSA) is 32.3 Å². The number of amides is 1. The first-order valence-electron chi connectivity index (χ1n) is 7.46. The maximum absolute atomic E-state index is 12.1. The molecule has 1 amide bonds. The highest BCUT2D eigenvalue weighted by atomic mass is 79.9. The summed E-state index contributed by atoms with van der Waals surface area (Å²) in [5.41, 5.74) is 3.10. The van der Waals surface area contributed by atoms with Crippen LogP contribution in [0, 0.1) is 6.92 Å². The van der Waals surface area contributed by atoms with Crippen LogP contribution in [0.1, 0.15) is 18.9 Å². The van der Waals surface area contributed by atoms with Crippen molar-refractivity contribution in [1.29, 1.82) is 0 Å². The minimum Gasteiger partial charge on any atom is -0.371 e. The Kier molecular flexibility index (Phi) is 6.01. The molecule has 0 aromatic heterocycles. The number of para-hydroxylation sites is 1. The second-order valence-electron chi connectivity index (χ2n) is 5.18. The smallest absolute Gasteiger partial charge is 0.226 e. The van der Waals surface area contributed by atoms with Crippen molar-refractivity contribution in [1.82, 2.24) is 0 Å². The lowest BCUT2D eigenvalue weighted by atomic mass is 10.2. The Morgan fingerprint density at radius 2 is 1.91 bits per heavy atom. The molecule has 116 valence electrons.